The smallest absolute Gasteiger partial charge is 0.379 e. The number of morpholine rings is 1. The van der Waals surface area contributed by atoms with Crippen LogP contribution in [0.1, 0.15) is 179 Å². The van der Waals surface area contributed by atoms with Gasteiger partial charge in [-0.2, -0.15) is 13.2 Å². The van der Waals surface area contributed by atoms with Crippen molar-refractivity contribution in [1.29, 1.82) is 0 Å². The zero-order valence-corrected chi connectivity index (χ0v) is 65.0. The minimum absolute atomic E-state index is 0.0144. The summed E-state index contributed by atoms with van der Waals surface area (Å²) >= 11 is 6.19. The first-order valence-corrected chi connectivity index (χ1v) is 38.5. The molecule has 29 heteroatoms. The van der Waals surface area contributed by atoms with Crippen molar-refractivity contribution in [3.63, 3.8) is 0 Å². The van der Waals surface area contributed by atoms with Crippen LogP contribution in [0.5, 0.6) is 0 Å². The number of amides is 11. The Morgan fingerprint density at radius 1 is 0.708 bits per heavy atom. The molecule has 3 aliphatic heterocycles. The number of nitrogens with one attached hydrogen (secondary N) is 4. The molecule has 2 aromatic rings. The number of benzene rings is 2. The Hall–Kier alpha value is -7.43. The highest BCUT2D eigenvalue weighted by molar-refractivity contribution is 6.31. The Morgan fingerprint density at radius 2 is 1.36 bits per heavy atom. The summed E-state index contributed by atoms with van der Waals surface area (Å²) in [6.07, 6.45) is -0.859. The lowest BCUT2D eigenvalue weighted by Gasteiger charge is -2.44. The average Bonchev–Trinajstić information content (AvgIpc) is 1.48. The standard InChI is InChI=1S/C77H116ClF3N12O13/c1-13-15-37-92-61(45-53-28-26-49(5)27-29-53)71(101)86(8)47-62(94)83-57(33-31-52-30-32-55(56(78)44-52)77(79,80)81)70(100)93-38-21-24-58(93)69(99)85-76(34-18-19-35-76)75(105)90(12)66(54-22-16-17-23-54)74(104)89(11)60(72(102)91-39-41-106-42-40-91)46-64(96)88(10)59(43-48(3)4)68(98)84-65(50(6)14-2)73(103)87(9)51(7)67(97)82-36-20-25-63(92)95/h26-30,32,44,48,50-51,54,57-61,65-66,72,102H,13-25,31,33-43,45-47H2,1-12H3,(H,82,97)(H,83,94)(H,84,98)(H,85,99)/t50-,51-,57-,58-,59-,60-,61-,65?,66+,72?/m0/s1. The van der Waals surface area contributed by atoms with Crippen LogP contribution in [0.15, 0.2) is 42.5 Å². The summed E-state index contributed by atoms with van der Waals surface area (Å²) in [6, 6.07) is 0.973. The van der Waals surface area contributed by atoms with E-state index in [0.29, 0.717) is 62.5 Å². The SMILES string of the molecule is CCCCN1C(=O)CCCNC(=O)[C@H](C)N(C)C(=O)C([C@@H](C)CC)NC(=O)[C@H](CC(C)C)N(C)C(=O)C[C@@H](C(O)N2CCOCC2)N(C)C(=O)[C@@H](C2CCCC2)N(C)C(=O)C2(CCCC2)NC(=O)[C@@H]2CCCN2C(=O)[C@H](CCc2ccc(C(F)(F)F)c(Cl)c2)NC(=O)CN(C)C(=O)[C@@H]1Cc1ccc(C)cc1. The highest BCUT2D eigenvalue weighted by Crippen LogP contribution is 2.39. The number of halogens is 4. The molecule has 0 aromatic heterocycles. The van der Waals surface area contributed by atoms with E-state index in [0.717, 1.165) is 35.4 Å². The van der Waals surface area contributed by atoms with Gasteiger partial charge in [0.15, 0.2) is 0 Å². The van der Waals surface area contributed by atoms with Crippen LogP contribution in [-0.4, -0.2) is 257 Å². The largest absolute Gasteiger partial charge is 0.417 e. The Morgan fingerprint density at radius 3 is 1.97 bits per heavy atom. The van der Waals surface area contributed by atoms with Crippen molar-refractivity contribution in [2.45, 2.75) is 243 Å². The molecular formula is C77H116ClF3N12O13. The number of nitrogens with zero attached hydrogens (tertiary/aromatic N) is 8. The molecule has 25 nitrogen and oxygen atoms in total. The van der Waals surface area contributed by atoms with Crippen molar-refractivity contribution < 1.29 is 75.8 Å². The topological polar surface area (TPSA) is 291 Å². The third-order valence-corrected chi connectivity index (χ3v) is 22.8. The quantitative estimate of drug-likeness (QED) is 0.132. The molecule has 11 amide bonds. The summed E-state index contributed by atoms with van der Waals surface area (Å²) < 4.78 is 47.5. The molecule has 0 radical (unpaired) electrons. The number of ether oxygens (including phenoxy) is 1. The van der Waals surface area contributed by atoms with E-state index in [1.54, 1.807) is 11.8 Å². The number of aryl methyl sites for hydroxylation is 2. The van der Waals surface area contributed by atoms with Crippen LogP contribution < -0.4 is 21.3 Å². The fourth-order valence-corrected chi connectivity index (χ4v) is 15.8. The molecule has 5 fully saturated rings. The zero-order valence-electron chi connectivity index (χ0n) is 64.2. The summed E-state index contributed by atoms with van der Waals surface area (Å²) in [5, 5.41) is 23.6. The van der Waals surface area contributed by atoms with Gasteiger partial charge < -0.3 is 65.4 Å². The van der Waals surface area contributed by atoms with Crippen molar-refractivity contribution in [3.05, 3.63) is 69.7 Å². The lowest BCUT2D eigenvalue weighted by atomic mass is 9.90. The third kappa shape index (κ3) is 21.9. The molecule has 7 rings (SSSR count). The fraction of sp³-hybridized carbons (Fsp3) is 0.701. The highest BCUT2D eigenvalue weighted by Gasteiger charge is 2.52. The molecule has 3 saturated heterocycles. The summed E-state index contributed by atoms with van der Waals surface area (Å²) in [4.78, 5) is 176. The second-order valence-electron chi connectivity index (χ2n) is 30.5. The molecule has 10 atom stereocenters. The molecule has 1 spiro atoms. The van der Waals surface area contributed by atoms with Gasteiger partial charge in [-0.1, -0.05) is 121 Å². The van der Waals surface area contributed by atoms with Gasteiger partial charge in [-0.05, 0) is 125 Å². The zero-order chi connectivity index (χ0) is 78.1. The number of carbonyl (C=O) groups excluding carboxylic acids is 11. The van der Waals surface area contributed by atoms with Gasteiger partial charge in [0.1, 0.15) is 54.1 Å². The van der Waals surface area contributed by atoms with E-state index in [1.165, 1.54) is 77.6 Å². The predicted molar refractivity (Wildman–Crippen MR) is 394 cm³/mol. The number of aliphatic hydroxyl groups is 1. The molecular weight excluding hydrogens is 1390 g/mol. The molecule has 2 unspecified atom stereocenters. The maximum Gasteiger partial charge on any atom is 0.417 e. The van der Waals surface area contributed by atoms with Gasteiger partial charge in [0.25, 0.3) is 0 Å². The fourth-order valence-electron chi connectivity index (χ4n) is 15.5. The molecule has 2 aromatic carbocycles. The van der Waals surface area contributed by atoms with E-state index in [1.807, 2.05) is 58.9 Å². The van der Waals surface area contributed by atoms with Crippen LogP contribution in [-0.2, 0) is 76.5 Å². The van der Waals surface area contributed by atoms with Gasteiger partial charge in [0.05, 0.1) is 42.8 Å². The maximum absolute atomic E-state index is 15.8. The number of likely N-dealkylation sites (N-methyl/N-ethyl adjacent to an activating group) is 5. The maximum atomic E-state index is 15.8. The Bertz CT molecular complexity index is 3390. The van der Waals surface area contributed by atoms with Gasteiger partial charge in [-0.15, -0.1) is 0 Å². The van der Waals surface area contributed by atoms with Gasteiger partial charge >= 0.3 is 6.18 Å². The van der Waals surface area contributed by atoms with Gasteiger partial charge in [0.2, 0.25) is 65.0 Å². The van der Waals surface area contributed by atoms with Crippen LogP contribution in [0, 0.1) is 24.7 Å². The van der Waals surface area contributed by atoms with Gasteiger partial charge in [0, 0.05) is 80.8 Å². The molecule has 2 saturated carbocycles. The van der Waals surface area contributed by atoms with E-state index in [-0.39, 0.29) is 110 Å². The number of fused-ring (bicyclic) bond motifs is 1. The second kappa shape index (κ2) is 39.1. The molecule has 5 aliphatic rings. The Kier molecular flexibility index (Phi) is 31.6. The summed E-state index contributed by atoms with van der Waals surface area (Å²) in [5.74, 6) is -7.77. The van der Waals surface area contributed by atoms with Crippen molar-refractivity contribution in [2.75, 3.05) is 87.7 Å². The van der Waals surface area contributed by atoms with Crippen molar-refractivity contribution >= 4 is 76.6 Å². The van der Waals surface area contributed by atoms with E-state index in [4.69, 9.17) is 16.3 Å². The summed E-state index contributed by atoms with van der Waals surface area (Å²) in [7, 11) is 7.31. The number of carbonyl (C=O) groups is 11. The summed E-state index contributed by atoms with van der Waals surface area (Å²) in [6.45, 7) is 13.3. The lowest BCUT2D eigenvalue weighted by Crippen LogP contribution is -2.65. The van der Waals surface area contributed by atoms with Crippen molar-refractivity contribution in [1.82, 2.24) is 60.5 Å². The van der Waals surface area contributed by atoms with Crippen LogP contribution in [0.2, 0.25) is 5.02 Å². The Balaban J connectivity index is 1.29. The van der Waals surface area contributed by atoms with E-state index in [2.05, 4.69) is 21.3 Å². The second-order valence-corrected chi connectivity index (χ2v) is 30.9. The number of rotatable bonds is 15. The number of hydrogen-bond donors (Lipinski definition) is 5. The third-order valence-electron chi connectivity index (χ3n) is 22.4. The van der Waals surface area contributed by atoms with Crippen LogP contribution in [0.4, 0.5) is 13.2 Å². The van der Waals surface area contributed by atoms with Gasteiger partial charge in [-0.25, -0.2) is 0 Å². The molecule has 0 bridgehead atoms. The first kappa shape index (κ1) is 85.8. The average molecular weight is 1510 g/mol. The molecule has 590 valence electrons. The number of hydrogen-bond acceptors (Lipinski definition) is 14. The Labute approximate surface area is 628 Å². The number of aliphatic hydroxyl groups excluding tert-OH is 1. The van der Waals surface area contributed by atoms with Crippen molar-refractivity contribution in [3.8, 4) is 0 Å². The summed E-state index contributed by atoms with van der Waals surface area (Å²) in [5.41, 5.74) is -0.692. The van der Waals surface area contributed by atoms with Crippen LogP contribution >= 0.6 is 11.6 Å². The predicted octanol–water partition coefficient (Wildman–Crippen LogP) is 6.25. The number of unbranched alkanes of at least 4 members (excludes halogenated alkanes) is 1. The highest BCUT2D eigenvalue weighted by atomic mass is 35.5. The molecule has 106 heavy (non-hydrogen) atoms. The lowest BCUT2D eigenvalue weighted by molar-refractivity contribution is -0.159. The van der Waals surface area contributed by atoms with E-state index in [9.17, 15) is 42.3 Å². The first-order chi connectivity index (χ1) is 50.1. The molecule has 5 N–H and O–H groups in total. The van der Waals surface area contributed by atoms with Crippen LogP contribution in [0.3, 0.4) is 0 Å². The normalized spacial score (nSPS) is 26.2. The number of alkyl halides is 3. The van der Waals surface area contributed by atoms with Gasteiger partial charge in [-0.3, -0.25) is 57.6 Å². The first-order valence-electron chi connectivity index (χ1n) is 38.2. The van der Waals surface area contributed by atoms with E-state index < -0.39 is 167 Å². The van der Waals surface area contributed by atoms with Crippen molar-refractivity contribution in [2.24, 2.45) is 17.8 Å². The molecule has 3 heterocycles. The molecule has 2 aliphatic carbocycles. The monoisotopic (exact) mass is 1510 g/mol. The minimum Gasteiger partial charge on any atom is -0.379 e. The van der Waals surface area contributed by atoms with E-state index >= 15 is 28.8 Å². The minimum atomic E-state index is -4.77. The van der Waals surface area contributed by atoms with Crippen LogP contribution in [0.25, 0.3) is 0 Å².